The highest BCUT2D eigenvalue weighted by Gasteiger charge is 2.30. The molecular formula is C22H22ClFN4O2S. The molecule has 1 heterocycles. The maximum Gasteiger partial charge on any atom is 0.230 e. The van der Waals surface area contributed by atoms with E-state index in [2.05, 4.69) is 20.1 Å². The summed E-state index contributed by atoms with van der Waals surface area (Å²) in [5.74, 6) is 1.23. The molecule has 0 spiro atoms. The number of aromatic nitrogens is 3. The first kappa shape index (κ1) is 21.6. The molecule has 2 aromatic carbocycles. The Bertz CT molecular complexity index is 1040. The number of ether oxygens (including phenoxy) is 1. The van der Waals surface area contributed by atoms with E-state index in [4.69, 9.17) is 16.3 Å². The largest absolute Gasteiger partial charge is 0.484 e. The van der Waals surface area contributed by atoms with E-state index in [1.807, 2.05) is 18.2 Å². The molecule has 31 heavy (non-hydrogen) atoms. The molecule has 1 amide bonds. The van der Waals surface area contributed by atoms with Crippen LogP contribution in [0.3, 0.4) is 0 Å². The van der Waals surface area contributed by atoms with Gasteiger partial charge >= 0.3 is 0 Å². The summed E-state index contributed by atoms with van der Waals surface area (Å²) in [6.45, 7) is 0.759. The molecule has 162 valence electrons. The number of halogens is 2. The molecular weight excluding hydrogens is 439 g/mol. The molecule has 1 aliphatic rings. The van der Waals surface area contributed by atoms with Gasteiger partial charge in [-0.2, -0.15) is 0 Å². The van der Waals surface area contributed by atoms with E-state index < -0.39 is 0 Å². The SMILES string of the molecule is O=C(CSc1nnc(COc2ccccc2Cl)n1C1CC1)NCCc1ccc(F)cc1. The van der Waals surface area contributed by atoms with Gasteiger partial charge in [0.25, 0.3) is 0 Å². The van der Waals surface area contributed by atoms with Crippen molar-refractivity contribution in [3.63, 3.8) is 0 Å². The monoisotopic (exact) mass is 460 g/mol. The molecule has 1 saturated carbocycles. The highest BCUT2D eigenvalue weighted by Crippen LogP contribution is 2.39. The molecule has 0 atom stereocenters. The smallest absolute Gasteiger partial charge is 0.230 e. The van der Waals surface area contributed by atoms with E-state index in [1.165, 1.54) is 23.9 Å². The number of carbonyl (C=O) groups is 1. The predicted octanol–water partition coefficient (Wildman–Crippen LogP) is 4.44. The topological polar surface area (TPSA) is 69.0 Å². The Balaban J connectivity index is 1.28. The average molecular weight is 461 g/mol. The van der Waals surface area contributed by atoms with Crippen molar-refractivity contribution in [2.45, 2.75) is 37.1 Å². The summed E-state index contributed by atoms with van der Waals surface area (Å²) in [6.07, 6.45) is 2.78. The van der Waals surface area contributed by atoms with Crippen LogP contribution in [0.25, 0.3) is 0 Å². The fourth-order valence-electron chi connectivity index (χ4n) is 3.09. The zero-order valence-electron chi connectivity index (χ0n) is 16.8. The van der Waals surface area contributed by atoms with Crippen molar-refractivity contribution in [3.8, 4) is 5.75 Å². The van der Waals surface area contributed by atoms with Gasteiger partial charge < -0.3 is 10.1 Å². The van der Waals surface area contributed by atoms with Gasteiger partial charge in [0.1, 0.15) is 18.2 Å². The summed E-state index contributed by atoms with van der Waals surface area (Å²) in [5.41, 5.74) is 0.978. The Hall–Kier alpha value is -2.58. The minimum Gasteiger partial charge on any atom is -0.484 e. The summed E-state index contributed by atoms with van der Waals surface area (Å²) in [4.78, 5) is 12.2. The molecule has 0 radical (unpaired) electrons. The first-order chi connectivity index (χ1) is 15.1. The maximum atomic E-state index is 12.9. The number of carbonyl (C=O) groups excluding carboxylic acids is 1. The molecule has 0 bridgehead atoms. The maximum absolute atomic E-state index is 12.9. The average Bonchev–Trinajstić information content (AvgIpc) is 3.53. The number of amides is 1. The van der Waals surface area contributed by atoms with Crippen molar-refractivity contribution in [1.82, 2.24) is 20.1 Å². The van der Waals surface area contributed by atoms with Gasteiger partial charge in [0.15, 0.2) is 11.0 Å². The molecule has 3 aromatic rings. The Kier molecular flexibility index (Phi) is 7.09. The molecule has 6 nitrogen and oxygen atoms in total. The molecule has 1 fully saturated rings. The first-order valence-corrected chi connectivity index (χ1v) is 11.4. The van der Waals surface area contributed by atoms with Crippen LogP contribution in [0.2, 0.25) is 5.02 Å². The van der Waals surface area contributed by atoms with E-state index in [0.717, 1.165) is 24.2 Å². The number of rotatable bonds is 10. The number of hydrogen-bond donors (Lipinski definition) is 1. The molecule has 4 rings (SSSR count). The van der Waals surface area contributed by atoms with Crippen LogP contribution in [-0.2, 0) is 17.8 Å². The van der Waals surface area contributed by atoms with Crippen molar-refractivity contribution in [3.05, 3.63) is 70.8 Å². The summed E-state index contributed by atoms with van der Waals surface area (Å²) in [5, 5.41) is 12.7. The van der Waals surface area contributed by atoms with Crippen molar-refractivity contribution in [1.29, 1.82) is 0 Å². The summed E-state index contributed by atoms with van der Waals surface area (Å²) in [7, 11) is 0. The summed E-state index contributed by atoms with van der Waals surface area (Å²) in [6, 6.07) is 13.9. The van der Waals surface area contributed by atoms with Gasteiger partial charge in [-0.15, -0.1) is 10.2 Å². The van der Waals surface area contributed by atoms with Crippen LogP contribution in [0.4, 0.5) is 4.39 Å². The van der Waals surface area contributed by atoms with Crippen LogP contribution in [0, 0.1) is 5.82 Å². The Morgan fingerprint density at radius 3 is 2.71 bits per heavy atom. The zero-order chi connectivity index (χ0) is 21.6. The number of thioether (sulfide) groups is 1. The van der Waals surface area contributed by atoms with Crippen LogP contribution in [0.5, 0.6) is 5.75 Å². The second kappa shape index (κ2) is 10.2. The van der Waals surface area contributed by atoms with Crippen molar-refractivity contribution >= 4 is 29.3 Å². The highest BCUT2D eigenvalue weighted by atomic mass is 35.5. The van der Waals surface area contributed by atoms with Gasteiger partial charge in [-0.25, -0.2) is 4.39 Å². The lowest BCUT2D eigenvalue weighted by molar-refractivity contribution is -0.118. The lowest BCUT2D eigenvalue weighted by atomic mass is 10.1. The third kappa shape index (κ3) is 5.98. The fourth-order valence-corrected chi connectivity index (χ4v) is 4.13. The number of benzene rings is 2. The molecule has 1 aromatic heterocycles. The molecule has 0 aliphatic heterocycles. The number of para-hydroxylation sites is 1. The Morgan fingerprint density at radius 1 is 1.19 bits per heavy atom. The first-order valence-electron chi connectivity index (χ1n) is 10.0. The molecule has 1 N–H and O–H groups in total. The Morgan fingerprint density at radius 2 is 1.97 bits per heavy atom. The molecule has 1 aliphatic carbocycles. The lowest BCUT2D eigenvalue weighted by Crippen LogP contribution is -2.27. The van der Waals surface area contributed by atoms with Crippen LogP contribution in [0.1, 0.15) is 30.3 Å². The number of hydrogen-bond acceptors (Lipinski definition) is 5. The van der Waals surface area contributed by atoms with E-state index in [0.29, 0.717) is 34.9 Å². The quantitative estimate of drug-likeness (QED) is 0.453. The second-order valence-corrected chi connectivity index (χ2v) is 8.58. The van der Waals surface area contributed by atoms with Crippen LogP contribution < -0.4 is 10.1 Å². The van der Waals surface area contributed by atoms with Gasteiger partial charge in [0.05, 0.1) is 10.8 Å². The van der Waals surface area contributed by atoms with Crippen molar-refractivity contribution < 1.29 is 13.9 Å². The van der Waals surface area contributed by atoms with E-state index in [1.54, 1.807) is 18.2 Å². The zero-order valence-corrected chi connectivity index (χ0v) is 18.3. The van der Waals surface area contributed by atoms with Crippen LogP contribution >= 0.6 is 23.4 Å². The minimum atomic E-state index is -0.263. The van der Waals surface area contributed by atoms with Gasteiger partial charge in [0.2, 0.25) is 5.91 Å². The van der Waals surface area contributed by atoms with Gasteiger partial charge in [0, 0.05) is 12.6 Å². The number of nitrogens with zero attached hydrogens (tertiary/aromatic N) is 3. The Labute approximate surface area is 189 Å². The molecule has 9 heteroatoms. The third-order valence-corrected chi connectivity index (χ3v) is 6.08. The fraction of sp³-hybridized carbons (Fsp3) is 0.318. The summed E-state index contributed by atoms with van der Waals surface area (Å²) >= 11 is 7.51. The second-order valence-electron chi connectivity index (χ2n) is 7.23. The molecule has 0 unspecified atom stereocenters. The van der Waals surface area contributed by atoms with E-state index >= 15 is 0 Å². The normalized spacial score (nSPS) is 13.2. The predicted molar refractivity (Wildman–Crippen MR) is 118 cm³/mol. The van der Waals surface area contributed by atoms with E-state index in [9.17, 15) is 9.18 Å². The van der Waals surface area contributed by atoms with Gasteiger partial charge in [-0.05, 0) is 49.1 Å². The lowest BCUT2D eigenvalue weighted by Gasteiger charge is -2.11. The van der Waals surface area contributed by atoms with E-state index in [-0.39, 0.29) is 24.1 Å². The molecule has 0 saturated heterocycles. The van der Waals surface area contributed by atoms with Gasteiger partial charge in [-0.1, -0.05) is 47.6 Å². The van der Waals surface area contributed by atoms with Crippen molar-refractivity contribution in [2.24, 2.45) is 0 Å². The third-order valence-electron chi connectivity index (χ3n) is 4.82. The van der Waals surface area contributed by atoms with Crippen molar-refractivity contribution in [2.75, 3.05) is 12.3 Å². The highest BCUT2D eigenvalue weighted by molar-refractivity contribution is 7.99. The van der Waals surface area contributed by atoms with Gasteiger partial charge in [-0.3, -0.25) is 9.36 Å². The van der Waals surface area contributed by atoms with Crippen LogP contribution in [0.15, 0.2) is 53.7 Å². The van der Waals surface area contributed by atoms with Crippen LogP contribution in [-0.4, -0.2) is 33.0 Å². The number of nitrogens with one attached hydrogen (secondary N) is 1. The minimum absolute atomic E-state index is 0.0775. The standard InChI is InChI=1S/C22H22ClFN4O2S/c23-18-3-1-2-4-19(18)30-13-20-26-27-22(28(20)17-9-10-17)31-14-21(29)25-12-11-15-5-7-16(24)8-6-15/h1-8,17H,9-14H2,(H,25,29). The summed E-state index contributed by atoms with van der Waals surface area (Å²) < 4.78 is 20.8.